The van der Waals surface area contributed by atoms with Crippen LogP contribution in [0.4, 0.5) is 0 Å². The number of hydrogen-bond donors (Lipinski definition) is 2. The van der Waals surface area contributed by atoms with Crippen LogP contribution in [-0.2, 0) is 13.2 Å². The molecule has 2 N–H and O–H groups in total. The number of hydrogen-bond acceptors (Lipinski definition) is 3. The first-order valence-corrected chi connectivity index (χ1v) is 6.44. The third-order valence-electron chi connectivity index (χ3n) is 1.01. The predicted molar refractivity (Wildman–Crippen MR) is 43.0 cm³/mol. The second kappa shape index (κ2) is 3.98. The Balaban J connectivity index is 3.08. The van der Waals surface area contributed by atoms with E-state index in [1.807, 2.05) is 0 Å². The molecule has 0 unspecified atom stereocenters. The van der Waals surface area contributed by atoms with Crippen LogP contribution in [0.1, 0.15) is 8.87 Å². The fourth-order valence-electron chi connectivity index (χ4n) is 0.577. The van der Waals surface area contributed by atoms with Crippen LogP contribution in [0.3, 0.4) is 0 Å². The van der Waals surface area contributed by atoms with Gasteiger partial charge in [0, 0.05) is 0 Å². The van der Waals surface area contributed by atoms with Crippen molar-refractivity contribution in [2.24, 2.45) is 0 Å². The molecular formula is C5H6O2SSe2. The topological polar surface area (TPSA) is 40.5 Å². The monoisotopic (exact) mass is 290 g/mol. The first-order valence-electron chi connectivity index (χ1n) is 2.61. The van der Waals surface area contributed by atoms with Gasteiger partial charge in [-0.05, 0) is 0 Å². The first kappa shape index (κ1) is 8.88. The van der Waals surface area contributed by atoms with Crippen LogP contribution in [0.15, 0.2) is 0 Å². The number of aliphatic hydroxyl groups excluding tert-OH is 2. The Hall–Kier alpha value is 0.789. The van der Waals surface area contributed by atoms with E-state index in [2.05, 4.69) is 0 Å². The second-order valence-electron chi connectivity index (χ2n) is 1.62. The van der Waals surface area contributed by atoms with Gasteiger partial charge in [0.2, 0.25) is 0 Å². The Kier molecular flexibility index (Phi) is 3.53. The Morgan fingerprint density at radius 1 is 1.10 bits per heavy atom. The van der Waals surface area contributed by atoms with E-state index in [-0.39, 0.29) is 42.2 Å². The van der Waals surface area contributed by atoms with Crippen LogP contribution < -0.4 is 0 Å². The maximum absolute atomic E-state index is 8.78. The van der Waals surface area contributed by atoms with E-state index in [0.717, 1.165) is 11.1 Å². The van der Waals surface area contributed by atoms with Crippen molar-refractivity contribution in [1.82, 2.24) is 0 Å². The molecule has 10 heavy (non-hydrogen) atoms. The quantitative estimate of drug-likeness (QED) is 0.570. The summed E-state index contributed by atoms with van der Waals surface area (Å²) in [5, 5.41) is 17.6. The molecule has 5 heteroatoms. The minimum absolute atomic E-state index is 0.0811. The van der Waals surface area contributed by atoms with Crippen molar-refractivity contribution in [3.8, 4) is 0 Å². The predicted octanol–water partition coefficient (Wildman–Crippen LogP) is -0.485. The Morgan fingerprint density at radius 3 is 1.80 bits per heavy atom. The zero-order chi connectivity index (χ0) is 7.56. The van der Waals surface area contributed by atoms with Crippen LogP contribution in [0.2, 0.25) is 0 Å². The van der Waals surface area contributed by atoms with Gasteiger partial charge < -0.3 is 0 Å². The fraction of sp³-hybridized carbons (Fsp3) is 0.400. The van der Waals surface area contributed by atoms with E-state index < -0.39 is 0 Å². The molecule has 0 radical (unpaired) electrons. The number of aliphatic hydroxyl groups is 2. The molecule has 1 heterocycles. The SMILES string of the molecule is OCc1[se]c(=S)[se]c1CO. The van der Waals surface area contributed by atoms with Gasteiger partial charge >= 0.3 is 75.8 Å². The van der Waals surface area contributed by atoms with Gasteiger partial charge in [-0.2, -0.15) is 0 Å². The maximum atomic E-state index is 8.78. The molecular weight excluding hydrogens is 282 g/mol. The molecule has 0 saturated heterocycles. The van der Waals surface area contributed by atoms with Gasteiger partial charge in [-0.25, -0.2) is 0 Å². The average Bonchev–Trinajstić information content (AvgIpc) is 2.30. The molecule has 56 valence electrons. The summed E-state index contributed by atoms with van der Waals surface area (Å²) in [6.45, 7) is 0.162. The van der Waals surface area contributed by atoms with Gasteiger partial charge in [0.25, 0.3) is 0 Å². The van der Waals surface area contributed by atoms with E-state index in [1.165, 1.54) is 0 Å². The molecule has 0 bridgehead atoms. The molecule has 0 aromatic carbocycles. The third-order valence-corrected chi connectivity index (χ3v) is 7.66. The molecule has 1 aromatic rings. The Labute approximate surface area is 75.6 Å². The van der Waals surface area contributed by atoms with Gasteiger partial charge in [0.15, 0.2) is 0 Å². The van der Waals surface area contributed by atoms with Crippen molar-refractivity contribution in [3.63, 3.8) is 0 Å². The van der Waals surface area contributed by atoms with Crippen molar-refractivity contribution in [3.05, 3.63) is 11.1 Å². The van der Waals surface area contributed by atoms with E-state index >= 15 is 0 Å². The summed E-state index contributed by atoms with van der Waals surface area (Å²) in [5.41, 5.74) is 0. The second-order valence-corrected chi connectivity index (χ2v) is 9.14. The molecule has 0 aliphatic heterocycles. The van der Waals surface area contributed by atoms with Crippen LogP contribution in [0.25, 0.3) is 0 Å². The molecule has 1 rings (SSSR count). The summed E-state index contributed by atoms with van der Waals surface area (Å²) in [6, 6.07) is 0. The van der Waals surface area contributed by atoms with Crippen molar-refractivity contribution in [2.45, 2.75) is 13.2 Å². The normalized spacial score (nSPS) is 10.2. The fourth-order valence-corrected chi connectivity index (χ4v) is 7.13. The van der Waals surface area contributed by atoms with Gasteiger partial charge in [0.1, 0.15) is 0 Å². The molecule has 0 amide bonds. The summed E-state index contributed by atoms with van der Waals surface area (Å²) in [5.74, 6) is 0. The average molecular weight is 288 g/mol. The molecule has 0 atom stereocenters. The molecule has 2 nitrogen and oxygen atoms in total. The summed E-state index contributed by atoms with van der Waals surface area (Å²) in [6.07, 6.45) is 0. The van der Waals surface area contributed by atoms with Crippen molar-refractivity contribution < 1.29 is 10.2 Å². The summed E-state index contributed by atoms with van der Waals surface area (Å²) < 4.78 is 3.05. The van der Waals surface area contributed by atoms with E-state index in [9.17, 15) is 0 Å². The summed E-state index contributed by atoms with van der Waals surface area (Å²) >= 11 is 5.39. The Morgan fingerprint density at radius 2 is 1.50 bits per heavy atom. The summed E-state index contributed by atoms with van der Waals surface area (Å²) in [4.78, 5) is 0. The van der Waals surface area contributed by atoms with Gasteiger partial charge in [-0.15, -0.1) is 0 Å². The zero-order valence-corrected chi connectivity index (χ0v) is 9.28. The van der Waals surface area contributed by atoms with E-state index in [0.29, 0.717) is 0 Å². The van der Waals surface area contributed by atoms with Gasteiger partial charge in [-0.3, -0.25) is 0 Å². The van der Waals surface area contributed by atoms with Crippen LogP contribution in [0.5, 0.6) is 0 Å². The van der Waals surface area contributed by atoms with Crippen LogP contribution in [-0.4, -0.2) is 39.2 Å². The summed E-state index contributed by atoms with van der Waals surface area (Å²) in [7, 11) is 0. The minimum atomic E-state index is 0.0811. The molecule has 0 spiro atoms. The van der Waals surface area contributed by atoms with E-state index in [4.69, 9.17) is 22.4 Å². The van der Waals surface area contributed by atoms with Gasteiger partial charge in [-0.1, -0.05) is 0 Å². The zero-order valence-electron chi connectivity index (χ0n) is 5.03. The Bertz CT molecular complexity index is 240. The number of rotatable bonds is 2. The van der Waals surface area contributed by atoms with Gasteiger partial charge in [0.05, 0.1) is 0 Å². The molecule has 0 saturated carbocycles. The molecule has 0 fully saturated rings. The standard InChI is InChI=1S/C5H6O2SSe2/c6-1-3-4(2-7)10-5(8)9-3/h6-7H,1-2H2. The molecule has 1 aromatic heterocycles. The van der Waals surface area contributed by atoms with Crippen LogP contribution in [0, 0.1) is 2.26 Å². The van der Waals surface area contributed by atoms with Crippen molar-refractivity contribution in [1.29, 1.82) is 0 Å². The molecule has 0 aliphatic carbocycles. The van der Waals surface area contributed by atoms with E-state index in [1.54, 1.807) is 0 Å². The molecule has 0 aliphatic rings. The van der Waals surface area contributed by atoms with Crippen molar-refractivity contribution in [2.75, 3.05) is 0 Å². The van der Waals surface area contributed by atoms with Crippen LogP contribution >= 0.6 is 12.2 Å². The van der Waals surface area contributed by atoms with Crippen molar-refractivity contribution >= 4 is 41.2 Å². The first-order chi connectivity index (χ1) is 4.77. The third kappa shape index (κ3) is 1.89.